The van der Waals surface area contributed by atoms with E-state index in [4.69, 9.17) is 34.2 Å². The summed E-state index contributed by atoms with van der Waals surface area (Å²) >= 11 is 9.57. The third kappa shape index (κ3) is 4.30. The molecule has 0 atom stereocenters. The molecule has 0 aliphatic rings. The van der Waals surface area contributed by atoms with Gasteiger partial charge in [-0.2, -0.15) is 0 Å². The molecule has 0 aromatic carbocycles. The molecule has 0 aliphatic heterocycles. The summed E-state index contributed by atoms with van der Waals surface area (Å²) in [6, 6.07) is 0. The van der Waals surface area contributed by atoms with E-state index < -0.39 is 0 Å². The zero-order valence-electron chi connectivity index (χ0n) is 7.53. The fraction of sp³-hybridized carbons (Fsp3) is 0.667. The van der Waals surface area contributed by atoms with E-state index in [1.54, 1.807) is 38.0 Å². The molecule has 0 amide bonds. The van der Waals surface area contributed by atoms with Crippen LogP contribution in [0.1, 0.15) is 0 Å². The zero-order chi connectivity index (χ0) is 9.72. The molecule has 0 spiro atoms. The first-order valence-corrected chi connectivity index (χ1v) is 4.04. The Bertz CT molecular complexity index is 162. The maximum atomic E-state index is 4.78. The van der Waals surface area contributed by atoms with Crippen LogP contribution in [0.3, 0.4) is 0 Å². The minimum atomic E-state index is 0.235. The van der Waals surface area contributed by atoms with Gasteiger partial charge in [0, 0.05) is 28.2 Å². The molecule has 0 heterocycles. The second-order valence-electron chi connectivity index (χ2n) is 2.49. The number of thiocarbonyl (C=S) groups is 2. The van der Waals surface area contributed by atoms with Crippen molar-refractivity contribution in [1.29, 1.82) is 0 Å². The second-order valence-corrected chi connectivity index (χ2v) is 3.19. The highest BCUT2D eigenvalue weighted by molar-refractivity contribution is 7.80. The van der Waals surface area contributed by atoms with Crippen molar-refractivity contribution in [3.63, 3.8) is 0 Å². The van der Waals surface area contributed by atoms with Gasteiger partial charge in [0.15, 0.2) is 0 Å². The smallest absolute Gasteiger partial charge is 0.312 e. The lowest BCUT2D eigenvalue weighted by molar-refractivity contribution is -0.146. The average Bonchev–Trinajstić information content (AvgIpc) is 1.98. The Morgan fingerprint density at radius 2 is 1.08 bits per heavy atom. The highest BCUT2D eigenvalue weighted by Crippen LogP contribution is 1.92. The summed E-state index contributed by atoms with van der Waals surface area (Å²) in [6.45, 7) is 0. The minimum absolute atomic E-state index is 0.235. The maximum Gasteiger partial charge on any atom is 0.312 e. The van der Waals surface area contributed by atoms with Crippen LogP contribution in [0.25, 0.3) is 0 Å². The van der Waals surface area contributed by atoms with E-state index in [1.165, 1.54) is 0 Å². The summed E-state index contributed by atoms with van der Waals surface area (Å²) in [6.07, 6.45) is 0. The van der Waals surface area contributed by atoms with Crippen LogP contribution in [-0.4, -0.2) is 48.3 Å². The molecular formula is C6H12N2O2S2. The van der Waals surface area contributed by atoms with E-state index in [0.717, 1.165) is 0 Å². The summed E-state index contributed by atoms with van der Waals surface area (Å²) in [7, 11) is 7.02. The Balaban J connectivity index is 3.69. The van der Waals surface area contributed by atoms with Gasteiger partial charge in [-0.1, -0.05) is 0 Å². The van der Waals surface area contributed by atoms with Crippen molar-refractivity contribution in [2.45, 2.75) is 0 Å². The quantitative estimate of drug-likeness (QED) is 0.329. The van der Waals surface area contributed by atoms with Crippen molar-refractivity contribution in [2.24, 2.45) is 0 Å². The van der Waals surface area contributed by atoms with Crippen molar-refractivity contribution < 1.29 is 9.78 Å². The molecule has 0 bridgehead atoms. The Morgan fingerprint density at radius 1 is 0.833 bits per heavy atom. The first kappa shape index (κ1) is 11.4. The van der Waals surface area contributed by atoms with Crippen LogP contribution in [0.2, 0.25) is 0 Å². The minimum Gasteiger partial charge on any atom is -0.336 e. The molecule has 0 saturated carbocycles. The highest BCUT2D eigenvalue weighted by atomic mass is 32.1. The molecule has 0 saturated heterocycles. The maximum absolute atomic E-state index is 4.78. The predicted molar refractivity (Wildman–Crippen MR) is 54.7 cm³/mol. The number of hydrogen-bond acceptors (Lipinski definition) is 4. The Hall–Kier alpha value is -0.620. The molecule has 0 N–H and O–H groups in total. The first-order chi connectivity index (χ1) is 5.45. The number of hydrogen-bond donors (Lipinski definition) is 0. The van der Waals surface area contributed by atoms with E-state index in [0.29, 0.717) is 0 Å². The van der Waals surface area contributed by atoms with Gasteiger partial charge < -0.3 is 9.80 Å². The van der Waals surface area contributed by atoms with Gasteiger partial charge in [-0.05, 0) is 24.4 Å². The van der Waals surface area contributed by atoms with Gasteiger partial charge in [-0.25, -0.2) is 0 Å². The van der Waals surface area contributed by atoms with Crippen molar-refractivity contribution in [3.05, 3.63) is 0 Å². The van der Waals surface area contributed by atoms with Crippen LogP contribution in [0, 0.1) is 0 Å². The van der Waals surface area contributed by atoms with Gasteiger partial charge in [0.25, 0.3) is 0 Å². The van der Waals surface area contributed by atoms with Crippen molar-refractivity contribution >= 4 is 34.8 Å². The molecule has 70 valence electrons. The summed E-state index contributed by atoms with van der Waals surface area (Å²) in [5.41, 5.74) is 0. The molecule has 0 aliphatic carbocycles. The van der Waals surface area contributed by atoms with Crippen molar-refractivity contribution in [1.82, 2.24) is 9.80 Å². The lowest BCUT2D eigenvalue weighted by Crippen LogP contribution is -2.28. The molecule has 12 heavy (non-hydrogen) atoms. The van der Waals surface area contributed by atoms with Crippen molar-refractivity contribution in [3.8, 4) is 0 Å². The van der Waals surface area contributed by atoms with Gasteiger partial charge in [0.1, 0.15) is 0 Å². The number of rotatable bonds is 0. The summed E-state index contributed by atoms with van der Waals surface area (Å²) in [5, 5.41) is 0.471. The van der Waals surface area contributed by atoms with Crippen LogP contribution >= 0.6 is 24.4 Å². The van der Waals surface area contributed by atoms with Gasteiger partial charge in [0.05, 0.1) is 0 Å². The van der Waals surface area contributed by atoms with E-state index in [2.05, 4.69) is 0 Å². The monoisotopic (exact) mass is 208 g/mol. The third-order valence-electron chi connectivity index (χ3n) is 0.915. The molecule has 0 unspecified atom stereocenters. The molecular weight excluding hydrogens is 196 g/mol. The molecule has 0 aromatic rings. The second kappa shape index (κ2) is 5.10. The van der Waals surface area contributed by atoms with E-state index in [-0.39, 0.29) is 10.3 Å². The van der Waals surface area contributed by atoms with Crippen LogP contribution in [0.5, 0.6) is 0 Å². The summed E-state index contributed by atoms with van der Waals surface area (Å²) < 4.78 is 0. The topological polar surface area (TPSA) is 24.9 Å². The van der Waals surface area contributed by atoms with Crippen LogP contribution in [-0.2, 0) is 9.78 Å². The van der Waals surface area contributed by atoms with Crippen LogP contribution < -0.4 is 0 Å². The van der Waals surface area contributed by atoms with Crippen LogP contribution in [0.15, 0.2) is 0 Å². The van der Waals surface area contributed by atoms with E-state index in [9.17, 15) is 0 Å². The average molecular weight is 208 g/mol. The van der Waals surface area contributed by atoms with Crippen LogP contribution in [0.4, 0.5) is 0 Å². The lowest BCUT2D eigenvalue weighted by atomic mass is 10.9. The van der Waals surface area contributed by atoms with E-state index >= 15 is 0 Å². The Morgan fingerprint density at radius 3 is 1.25 bits per heavy atom. The Kier molecular flexibility index (Phi) is 4.84. The molecule has 0 radical (unpaired) electrons. The lowest BCUT2D eigenvalue weighted by Gasteiger charge is -2.15. The fourth-order valence-electron chi connectivity index (χ4n) is 0.220. The molecule has 0 rings (SSSR count). The standard InChI is InChI=1S/C6H12N2O2S2/c1-7(2)5(11)9-10-6(12)8(3)4/h1-4H3. The molecule has 0 aromatic heterocycles. The van der Waals surface area contributed by atoms with Crippen molar-refractivity contribution in [2.75, 3.05) is 28.2 Å². The molecule has 0 fully saturated rings. The van der Waals surface area contributed by atoms with Gasteiger partial charge in [-0.3, -0.25) is 9.78 Å². The van der Waals surface area contributed by atoms with Gasteiger partial charge in [-0.15, -0.1) is 0 Å². The van der Waals surface area contributed by atoms with E-state index in [1.807, 2.05) is 0 Å². The SMILES string of the molecule is CN(C)C(=S)OOC(=S)N(C)C. The first-order valence-electron chi connectivity index (χ1n) is 3.22. The molecule has 4 nitrogen and oxygen atoms in total. The third-order valence-corrected chi connectivity index (χ3v) is 1.78. The predicted octanol–water partition coefficient (Wildman–Crippen LogP) is 0.628. The zero-order valence-corrected chi connectivity index (χ0v) is 9.16. The largest absolute Gasteiger partial charge is 0.336 e. The normalized spacial score (nSPS) is 8.67. The summed E-state index contributed by atoms with van der Waals surface area (Å²) in [4.78, 5) is 12.6. The van der Waals surface area contributed by atoms with Gasteiger partial charge >= 0.3 is 10.3 Å². The summed E-state index contributed by atoms with van der Waals surface area (Å²) in [5.74, 6) is 0. The van der Waals surface area contributed by atoms with Gasteiger partial charge in [0.2, 0.25) is 0 Å². The number of nitrogens with zero attached hydrogens (tertiary/aromatic N) is 2. The highest BCUT2D eigenvalue weighted by Gasteiger charge is 2.05. The molecule has 6 heteroatoms. The Labute approximate surface area is 83.0 Å². The fourth-order valence-corrected chi connectivity index (χ4v) is 0.288.